The van der Waals surface area contributed by atoms with Crippen molar-refractivity contribution in [1.29, 1.82) is 0 Å². The summed E-state index contributed by atoms with van der Waals surface area (Å²) in [7, 11) is 2.06. The standard InChI is InChI=1S/C11H21ClN2/c1-9(6-12)7-14-5-4-11(13-3)10(2)8-14/h6,10-11,13H,4-5,7-8H2,1-3H3. The van der Waals surface area contributed by atoms with Gasteiger partial charge < -0.3 is 5.32 Å². The van der Waals surface area contributed by atoms with Gasteiger partial charge in [-0.15, -0.1) is 0 Å². The van der Waals surface area contributed by atoms with E-state index in [1.54, 1.807) is 5.54 Å². The first kappa shape index (κ1) is 12.0. The quantitative estimate of drug-likeness (QED) is 0.777. The normalized spacial score (nSPS) is 30.7. The Kier molecular flexibility index (Phi) is 4.93. The molecule has 3 heteroatoms. The van der Waals surface area contributed by atoms with E-state index in [0.717, 1.165) is 12.5 Å². The zero-order valence-electron chi connectivity index (χ0n) is 9.39. The Morgan fingerprint density at radius 3 is 2.86 bits per heavy atom. The van der Waals surface area contributed by atoms with Crippen LogP contribution in [0, 0.1) is 5.92 Å². The van der Waals surface area contributed by atoms with Crippen molar-refractivity contribution in [2.45, 2.75) is 26.3 Å². The van der Waals surface area contributed by atoms with E-state index in [-0.39, 0.29) is 0 Å². The summed E-state index contributed by atoms with van der Waals surface area (Å²) >= 11 is 5.66. The summed E-state index contributed by atoms with van der Waals surface area (Å²) in [6.45, 7) is 7.77. The molecule has 2 nitrogen and oxygen atoms in total. The van der Waals surface area contributed by atoms with Crippen molar-refractivity contribution in [2.75, 3.05) is 26.7 Å². The van der Waals surface area contributed by atoms with Gasteiger partial charge in [0.15, 0.2) is 0 Å². The first-order valence-electron chi connectivity index (χ1n) is 5.32. The van der Waals surface area contributed by atoms with Crippen LogP contribution in [0.3, 0.4) is 0 Å². The molecule has 0 spiro atoms. The van der Waals surface area contributed by atoms with Crippen LogP contribution < -0.4 is 5.32 Å². The van der Waals surface area contributed by atoms with E-state index in [2.05, 4.69) is 31.1 Å². The Balaban J connectivity index is 2.39. The van der Waals surface area contributed by atoms with E-state index in [1.165, 1.54) is 25.1 Å². The van der Waals surface area contributed by atoms with Crippen molar-refractivity contribution in [1.82, 2.24) is 10.2 Å². The van der Waals surface area contributed by atoms with Gasteiger partial charge in [0.25, 0.3) is 0 Å². The monoisotopic (exact) mass is 216 g/mol. The average molecular weight is 217 g/mol. The third-order valence-electron chi connectivity index (χ3n) is 3.02. The molecule has 1 fully saturated rings. The molecule has 82 valence electrons. The van der Waals surface area contributed by atoms with E-state index >= 15 is 0 Å². The zero-order chi connectivity index (χ0) is 10.6. The van der Waals surface area contributed by atoms with Gasteiger partial charge in [0.1, 0.15) is 0 Å². The maximum atomic E-state index is 5.66. The second-order valence-corrected chi connectivity index (χ2v) is 4.57. The van der Waals surface area contributed by atoms with Crippen molar-refractivity contribution >= 4 is 11.6 Å². The second-order valence-electron chi connectivity index (χ2n) is 4.35. The van der Waals surface area contributed by atoms with Gasteiger partial charge in [-0.05, 0) is 38.4 Å². The summed E-state index contributed by atoms with van der Waals surface area (Å²) in [6, 6.07) is 0.687. The predicted molar refractivity (Wildman–Crippen MR) is 62.7 cm³/mol. The SMILES string of the molecule is CNC1CCN(CC(C)=CCl)CC1C. The predicted octanol–water partition coefficient (Wildman–Crippen LogP) is 2.06. The van der Waals surface area contributed by atoms with Crippen molar-refractivity contribution in [3.63, 3.8) is 0 Å². The van der Waals surface area contributed by atoms with Crippen molar-refractivity contribution < 1.29 is 0 Å². The third-order valence-corrected chi connectivity index (χ3v) is 3.39. The van der Waals surface area contributed by atoms with Gasteiger partial charge in [-0.1, -0.05) is 18.5 Å². The molecule has 1 rings (SSSR count). The van der Waals surface area contributed by atoms with Crippen LogP contribution in [0.25, 0.3) is 0 Å². The first-order chi connectivity index (χ1) is 6.67. The summed E-state index contributed by atoms with van der Waals surface area (Å²) in [4.78, 5) is 2.48. The van der Waals surface area contributed by atoms with Crippen LogP contribution in [0.4, 0.5) is 0 Å². The molecule has 1 heterocycles. The number of piperidine rings is 1. The number of nitrogens with zero attached hydrogens (tertiary/aromatic N) is 1. The number of likely N-dealkylation sites (tertiary alicyclic amines) is 1. The Bertz CT molecular complexity index is 203. The summed E-state index contributed by atoms with van der Waals surface area (Å²) in [5.41, 5.74) is 2.94. The molecule has 2 atom stereocenters. The molecule has 0 bridgehead atoms. The number of hydrogen-bond acceptors (Lipinski definition) is 2. The van der Waals surface area contributed by atoms with E-state index in [0.29, 0.717) is 6.04 Å². The number of hydrogen-bond donors (Lipinski definition) is 1. The fourth-order valence-corrected chi connectivity index (χ4v) is 2.26. The summed E-state index contributed by atoms with van der Waals surface area (Å²) < 4.78 is 0. The lowest BCUT2D eigenvalue weighted by Crippen LogP contribution is -2.47. The molecule has 2 unspecified atom stereocenters. The second kappa shape index (κ2) is 5.74. The highest BCUT2D eigenvalue weighted by molar-refractivity contribution is 6.25. The lowest BCUT2D eigenvalue weighted by Gasteiger charge is -2.36. The lowest BCUT2D eigenvalue weighted by atomic mass is 9.94. The molecule has 0 saturated carbocycles. The summed E-state index contributed by atoms with van der Waals surface area (Å²) in [6.07, 6.45) is 1.24. The van der Waals surface area contributed by atoms with Gasteiger partial charge in [-0.25, -0.2) is 0 Å². The highest BCUT2D eigenvalue weighted by Crippen LogP contribution is 2.17. The van der Waals surface area contributed by atoms with E-state index < -0.39 is 0 Å². The van der Waals surface area contributed by atoms with E-state index in [4.69, 9.17) is 11.6 Å². The Morgan fingerprint density at radius 2 is 2.36 bits per heavy atom. The van der Waals surface area contributed by atoms with Gasteiger partial charge in [0.05, 0.1) is 0 Å². The van der Waals surface area contributed by atoms with Crippen LogP contribution >= 0.6 is 11.6 Å². The number of nitrogens with one attached hydrogen (secondary N) is 1. The van der Waals surface area contributed by atoms with Gasteiger partial charge in [-0.2, -0.15) is 0 Å². The number of rotatable bonds is 3. The van der Waals surface area contributed by atoms with Crippen LogP contribution in [-0.4, -0.2) is 37.6 Å². The summed E-state index contributed by atoms with van der Waals surface area (Å²) in [5, 5.41) is 3.37. The maximum absolute atomic E-state index is 5.66. The van der Waals surface area contributed by atoms with Gasteiger partial charge in [0, 0.05) is 24.7 Å². The van der Waals surface area contributed by atoms with Crippen molar-refractivity contribution in [3.8, 4) is 0 Å². The van der Waals surface area contributed by atoms with Crippen LogP contribution in [0.2, 0.25) is 0 Å². The average Bonchev–Trinajstić information content (AvgIpc) is 2.18. The molecule has 1 N–H and O–H groups in total. The first-order valence-corrected chi connectivity index (χ1v) is 5.76. The minimum absolute atomic E-state index is 0.687. The Labute approximate surface area is 92.3 Å². The van der Waals surface area contributed by atoms with Crippen molar-refractivity contribution in [3.05, 3.63) is 11.1 Å². The summed E-state index contributed by atoms with van der Waals surface area (Å²) in [5.74, 6) is 0.733. The van der Waals surface area contributed by atoms with Crippen LogP contribution in [-0.2, 0) is 0 Å². The molecule has 1 saturated heterocycles. The largest absolute Gasteiger partial charge is 0.317 e. The van der Waals surface area contributed by atoms with Gasteiger partial charge in [-0.3, -0.25) is 4.90 Å². The van der Waals surface area contributed by atoms with Gasteiger partial charge >= 0.3 is 0 Å². The van der Waals surface area contributed by atoms with Crippen molar-refractivity contribution in [2.24, 2.45) is 5.92 Å². The molecule has 0 aromatic heterocycles. The smallest absolute Gasteiger partial charge is 0.0202 e. The van der Waals surface area contributed by atoms with Gasteiger partial charge in [0.2, 0.25) is 0 Å². The molecule has 0 aromatic carbocycles. The number of halogens is 1. The minimum atomic E-state index is 0.687. The zero-order valence-corrected chi connectivity index (χ0v) is 10.1. The minimum Gasteiger partial charge on any atom is -0.317 e. The molecule has 0 radical (unpaired) electrons. The molecular formula is C11H21ClN2. The fraction of sp³-hybridized carbons (Fsp3) is 0.818. The molecule has 1 aliphatic rings. The van der Waals surface area contributed by atoms with E-state index in [1.807, 2.05) is 0 Å². The highest BCUT2D eigenvalue weighted by atomic mass is 35.5. The highest BCUT2D eigenvalue weighted by Gasteiger charge is 2.24. The molecule has 0 amide bonds. The third kappa shape index (κ3) is 3.26. The molecule has 0 aromatic rings. The molecule has 1 aliphatic heterocycles. The van der Waals surface area contributed by atoms with Crippen LogP contribution in [0.5, 0.6) is 0 Å². The maximum Gasteiger partial charge on any atom is 0.0202 e. The molecular weight excluding hydrogens is 196 g/mol. The van der Waals surface area contributed by atoms with Crippen LogP contribution in [0.15, 0.2) is 11.1 Å². The Hall–Kier alpha value is -0.0500. The Morgan fingerprint density at radius 1 is 1.64 bits per heavy atom. The molecule has 14 heavy (non-hydrogen) atoms. The van der Waals surface area contributed by atoms with Crippen LogP contribution in [0.1, 0.15) is 20.3 Å². The lowest BCUT2D eigenvalue weighted by molar-refractivity contribution is 0.162. The fourth-order valence-electron chi connectivity index (χ4n) is 2.19. The van der Waals surface area contributed by atoms with E-state index in [9.17, 15) is 0 Å². The topological polar surface area (TPSA) is 15.3 Å². The molecule has 0 aliphatic carbocycles.